The molecule has 1 unspecified atom stereocenters. The molecule has 1 aliphatic rings. The number of hydrogen-bond acceptors (Lipinski definition) is 5. The third kappa shape index (κ3) is 3.35. The number of nitrogens with one attached hydrogen (secondary N) is 2. The summed E-state index contributed by atoms with van der Waals surface area (Å²) in [6, 6.07) is 9.97. The first-order chi connectivity index (χ1) is 12.0. The van der Waals surface area contributed by atoms with Crippen LogP contribution in [0.25, 0.3) is 0 Å². The molecular weight excluding hydrogens is 324 g/mol. The van der Waals surface area contributed by atoms with E-state index in [1.165, 1.54) is 7.11 Å². The molecule has 0 bridgehead atoms. The minimum atomic E-state index is -0.562. The highest BCUT2D eigenvalue weighted by Gasteiger charge is 2.24. The van der Waals surface area contributed by atoms with Gasteiger partial charge in [0.2, 0.25) is 0 Å². The second kappa shape index (κ2) is 6.72. The zero-order valence-corrected chi connectivity index (χ0v) is 14.1. The third-order valence-corrected chi connectivity index (χ3v) is 3.83. The van der Waals surface area contributed by atoms with Gasteiger partial charge in [0, 0.05) is 11.6 Å². The van der Waals surface area contributed by atoms with Crippen LogP contribution in [-0.4, -0.2) is 32.1 Å². The average molecular weight is 342 g/mol. The van der Waals surface area contributed by atoms with Gasteiger partial charge in [-0.2, -0.15) is 0 Å². The highest BCUT2D eigenvalue weighted by molar-refractivity contribution is 6.07. The van der Waals surface area contributed by atoms with Gasteiger partial charge in [-0.1, -0.05) is 0 Å². The summed E-state index contributed by atoms with van der Waals surface area (Å²) in [4.78, 5) is 24.3. The molecule has 0 fully saturated rings. The van der Waals surface area contributed by atoms with Gasteiger partial charge < -0.3 is 24.8 Å². The summed E-state index contributed by atoms with van der Waals surface area (Å²) < 4.78 is 15.9. The van der Waals surface area contributed by atoms with Crippen LogP contribution in [0.1, 0.15) is 17.3 Å². The number of fused-ring (bicyclic) bond motifs is 1. The Morgan fingerprint density at radius 3 is 2.68 bits per heavy atom. The van der Waals surface area contributed by atoms with Crippen molar-refractivity contribution < 1.29 is 23.8 Å². The first kappa shape index (κ1) is 16.6. The molecule has 1 aliphatic heterocycles. The van der Waals surface area contributed by atoms with E-state index in [9.17, 15) is 9.59 Å². The molecule has 0 aliphatic carbocycles. The normalized spacial score (nSPS) is 15.5. The number of rotatable bonds is 4. The molecule has 1 heterocycles. The number of carbonyl (C=O) groups excluding carboxylic acids is 2. The highest BCUT2D eigenvalue weighted by atomic mass is 16.5. The molecule has 0 aromatic heterocycles. The first-order valence-corrected chi connectivity index (χ1v) is 7.66. The lowest BCUT2D eigenvalue weighted by Gasteiger charge is -2.23. The van der Waals surface area contributed by atoms with Crippen LogP contribution in [-0.2, 0) is 4.79 Å². The van der Waals surface area contributed by atoms with E-state index in [-0.39, 0.29) is 11.8 Å². The molecule has 25 heavy (non-hydrogen) atoms. The van der Waals surface area contributed by atoms with Crippen LogP contribution in [0.2, 0.25) is 0 Å². The Bertz CT molecular complexity index is 834. The zero-order chi connectivity index (χ0) is 18.0. The summed E-state index contributed by atoms with van der Waals surface area (Å²) in [7, 11) is 3.06. The van der Waals surface area contributed by atoms with Gasteiger partial charge in [0.1, 0.15) is 17.2 Å². The van der Waals surface area contributed by atoms with Crippen molar-refractivity contribution in [3.05, 3.63) is 42.0 Å². The molecule has 2 aromatic carbocycles. The third-order valence-electron chi connectivity index (χ3n) is 3.83. The lowest BCUT2D eigenvalue weighted by Crippen LogP contribution is -2.34. The largest absolute Gasteiger partial charge is 0.497 e. The topological polar surface area (TPSA) is 85.9 Å². The molecule has 2 aromatic rings. The van der Waals surface area contributed by atoms with Crippen molar-refractivity contribution in [2.24, 2.45) is 0 Å². The zero-order valence-electron chi connectivity index (χ0n) is 14.1. The summed E-state index contributed by atoms with van der Waals surface area (Å²) in [6.07, 6.45) is -0.562. The lowest BCUT2D eigenvalue weighted by atomic mass is 10.1. The van der Waals surface area contributed by atoms with Crippen LogP contribution in [0.5, 0.6) is 17.2 Å². The highest BCUT2D eigenvalue weighted by Crippen LogP contribution is 2.32. The summed E-state index contributed by atoms with van der Waals surface area (Å²) in [5.74, 6) is 1.04. The molecule has 0 spiro atoms. The Balaban J connectivity index is 1.85. The predicted octanol–water partition coefficient (Wildman–Crippen LogP) is 2.68. The number of anilines is 2. The van der Waals surface area contributed by atoms with Crippen molar-refractivity contribution in [2.75, 3.05) is 24.9 Å². The number of ether oxygens (including phenoxy) is 3. The number of hydrogen-bond donors (Lipinski definition) is 2. The van der Waals surface area contributed by atoms with E-state index in [0.29, 0.717) is 34.2 Å². The van der Waals surface area contributed by atoms with E-state index >= 15 is 0 Å². The van der Waals surface area contributed by atoms with Gasteiger partial charge in [0.25, 0.3) is 11.8 Å². The van der Waals surface area contributed by atoms with Crippen LogP contribution in [0.4, 0.5) is 11.4 Å². The second-order valence-corrected chi connectivity index (χ2v) is 5.48. The van der Waals surface area contributed by atoms with Crippen LogP contribution in [0, 0.1) is 0 Å². The molecule has 0 radical (unpaired) electrons. The fourth-order valence-electron chi connectivity index (χ4n) is 2.46. The van der Waals surface area contributed by atoms with Crippen molar-refractivity contribution in [1.82, 2.24) is 0 Å². The van der Waals surface area contributed by atoms with E-state index in [2.05, 4.69) is 10.6 Å². The van der Waals surface area contributed by atoms with Crippen molar-refractivity contribution in [3.63, 3.8) is 0 Å². The summed E-state index contributed by atoms with van der Waals surface area (Å²) >= 11 is 0. The van der Waals surface area contributed by atoms with Gasteiger partial charge in [0.15, 0.2) is 6.10 Å². The standard InChI is InChI=1S/C18H18N2O5/c1-10-17(21)19-13-8-11(4-6-16(13)25-10)18(22)20-14-9-12(23-2)5-7-15(14)24-3/h4-10H,1-3H3,(H,19,21)(H,20,22). The molecule has 2 N–H and O–H groups in total. The van der Waals surface area contributed by atoms with E-state index in [1.54, 1.807) is 50.4 Å². The van der Waals surface area contributed by atoms with Crippen molar-refractivity contribution >= 4 is 23.2 Å². The molecular formula is C18H18N2O5. The van der Waals surface area contributed by atoms with E-state index < -0.39 is 6.10 Å². The Kier molecular flexibility index (Phi) is 4.47. The molecule has 7 heteroatoms. The Morgan fingerprint density at radius 2 is 1.96 bits per heavy atom. The quantitative estimate of drug-likeness (QED) is 0.892. The van der Waals surface area contributed by atoms with E-state index in [0.717, 1.165) is 0 Å². The summed E-state index contributed by atoms with van der Waals surface area (Å²) in [5, 5.41) is 5.50. The number of amides is 2. The monoisotopic (exact) mass is 342 g/mol. The smallest absolute Gasteiger partial charge is 0.265 e. The fraction of sp³-hybridized carbons (Fsp3) is 0.222. The predicted molar refractivity (Wildman–Crippen MR) is 92.7 cm³/mol. The minimum absolute atomic E-state index is 0.250. The number of benzene rings is 2. The maximum atomic E-state index is 12.6. The van der Waals surface area contributed by atoms with Gasteiger partial charge >= 0.3 is 0 Å². The molecule has 0 saturated carbocycles. The van der Waals surface area contributed by atoms with Gasteiger partial charge in [-0.05, 0) is 37.3 Å². The molecule has 0 saturated heterocycles. The van der Waals surface area contributed by atoms with Gasteiger partial charge in [-0.15, -0.1) is 0 Å². The molecule has 2 amide bonds. The van der Waals surface area contributed by atoms with Crippen LogP contribution >= 0.6 is 0 Å². The lowest BCUT2D eigenvalue weighted by molar-refractivity contribution is -0.122. The molecule has 1 atom stereocenters. The van der Waals surface area contributed by atoms with Gasteiger partial charge in [-0.3, -0.25) is 9.59 Å². The summed E-state index contributed by atoms with van der Waals surface area (Å²) in [5.41, 5.74) is 1.33. The SMILES string of the molecule is COc1ccc(OC)c(NC(=O)c2ccc3c(c2)NC(=O)C(C)O3)c1. The molecule has 130 valence electrons. The van der Waals surface area contributed by atoms with Crippen LogP contribution in [0.15, 0.2) is 36.4 Å². The van der Waals surface area contributed by atoms with Gasteiger partial charge in [0.05, 0.1) is 25.6 Å². The maximum Gasteiger partial charge on any atom is 0.265 e. The molecule has 3 rings (SSSR count). The van der Waals surface area contributed by atoms with Gasteiger partial charge in [-0.25, -0.2) is 0 Å². The Labute approximate surface area is 144 Å². The average Bonchev–Trinajstić information content (AvgIpc) is 2.62. The Morgan fingerprint density at radius 1 is 1.16 bits per heavy atom. The number of methoxy groups -OCH3 is 2. The first-order valence-electron chi connectivity index (χ1n) is 7.66. The van der Waals surface area contributed by atoms with Crippen LogP contribution < -0.4 is 24.8 Å². The van der Waals surface area contributed by atoms with E-state index in [1.807, 2.05) is 0 Å². The van der Waals surface area contributed by atoms with Crippen molar-refractivity contribution in [2.45, 2.75) is 13.0 Å². The summed E-state index contributed by atoms with van der Waals surface area (Å²) in [6.45, 7) is 1.66. The molecule has 7 nitrogen and oxygen atoms in total. The second-order valence-electron chi connectivity index (χ2n) is 5.48. The maximum absolute atomic E-state index is 12.6. The Hall–Kier alpha value is -3.22. The minimum Gasteiger partial charge on any atom is -0.497 e. The fourth-order valence-corrected chi connectivity index (χ4v) is 2.46. The number of carbonyl (C=O) groups is 2. The van der Waals surface area contributed by atoms with Crippen molar-refractivity contribution in [3.8, 4) is 17.2 Å². The van der Waals surface area contributed by atoms with Crippen LogP contribution in [0.3, 0.4) is 0 Å². The van der Waals surface area contributed by atoms with E-state index in [4.69, 9.17) is 14.2 Å². The van der Waals surface area contributed by atoms with Crippen molar-refractivity contribution in [1.29, 1.82) is 0 Å².